The van der Waals surface area contributed by atoms with Crippen molar-refractivity contribution >= 4 is 11.9 Å². The minimum Gasteiger partial charge on any atom is -0.357 e. The molecule has 0 spiro atoms. The van der Waals surface area contributed by atoms with E-state index >= 15 is 0 Å². The van der Waals surface area contributed by atoms with Gasteiger partial charge in [-0.1, -0.05) is 26.2 Å². The van der Waals surface area contributed by atoms with Gasteiger partial charge in [0, 0.05) is 64.3 Å². The van der Waals surface area contributed by atoms with Crippen LogP contribution in [-0.4, -0.2) is 98.1 Å². The first-order chi connectivity index (χ1) is 15.2. The Morgan fingerprint density at radius 2 is 1.58 bits per heavy atom. The number of guanidine groups is 1. The Hall–Kier alpha value is -1.34. The van der Waals surface area contributed by atoms with Crippen LogP contribution in [0.5, 0.6) is 0 Å². The van der Waals surface area contributed by atoms with Gasteiger partial charge >= 0.3 is 0 Å². The first kappa shape index (κ1) is 24.3. The summed E-state index contributed by atoms with van der Waals surface area (Å²) in [7, 11) is 0. The molecule has 0 radical (unpaired) electrons. The number of hydrogen-bond acceptors (Lipinski definition) is 4. The van der Waals surface area contributed by atoms with Crippen molar-refractivity contribution in [3.05, 3.63) is 0 Å². The van der Waals surface area contributed by atoms with E-state index < -0.39 is 0 Å². The SMILES string of the molecule is CCCCN1CCC(NC(=NCCN2CCN(C(=O)C3CCCC3)CC2)NCC)CC1. The molecule has 2 aliphatic heterocycles. The highest BCUT2D eigenvalue weighted by atomic mass is 16.2. The molecule has 178 valence electrons. The number of unbranched alkanes of at least 4 members (excludes halogenated alkanes) is 1. The van der Waals surface area contributed by atoms with E-state index in [1.54, 1.807) is 0 Å². The van der Waals surface area contributed by atoms with Gasteiger partial charge in [0.25, 0.3) is 0 Å². The Bertz CT molecular complexity index is 546. The second-order valence-electron chi connectivity index (χ2n) is 9.52. The number of piperidine rings is 1. The van der Waals surface area contributed by atoms with Gasteiger partial charge in [0.2, 0.25) is 5.91 Å². The summed E-state index contributed by atoms with van der Waals surface area (Å²) < 4.78 is 0. The van der Waals surface area contributed by atoms with Crippen molar-refractivity contribution in [2.45, 2.75) is 71.3 Å². The molecule has 1 amide bonds. The van der Waals surface area contributed by atoms with Gasteiger partial charge in [-0.25, -0.2) is 0 Å². The number of hydrogen-bond donors (Lipinski definition) is 2. The van der Waals surface area contributed by atoms with Crippen LogP contribution < -0.4 is 10.6 Å². The third-order valence-corrected chi connectivity index (χ3v) is 7.18. The van der Waals surface area contributed by atoms with Crippen molar-refractivity contribution < 1.29 is 4.79 Å². The molecule has 0 unspecified atom stereocenters. The second kappa shape index (κ2) is 13.3. The number of nitrogens with zero attached hydrogens (tertiary/aromatic N) is 4. The Labute approximate surface area is 190 Å². The Balaban J connectivity index is 1.35. The summed E-state index contributed by atoms with van der Waals surface area (Å²) in [4.78, 5) is 24.6. The van der Waals surface area contributed by atoms with E-state index in [1.165, 1.54) is 58.2 Å². The molecule has 7 nitrogen and oxygen atoms in total. The molecule has 0 bridgehead atoms. The van der Waals surface area contributed by atoms with E-state index in [0.717, 1.165) is 64.6 Å². The molecule has 31 heavy (non-hydrogen) atoms. The Morgan fingerprint density at radius 1 is 0.903 bits per heavy atom. The molecule has 0 atom stereocenters. The molecule has 2 heterocycles. The van der Waals surface area contributed by atoms with Crippen molar-refractivity contribution in [2.75, 3.05) is 65.4 Å². The minimum atomic E-state index is 0.309. The first-order valence-corrected chi connectivity index (χ1v) is 13.0. The van der Waals surface area contributed by atoms with Crippen LogP contribution in [0, 0.1) is 5.92 Å². The van der Waals surface area contributed by atoms with E-state index in [1.807, 2.05) is 0 Å². The number of piperazine rings is 1. The zero-order chi connectivity index (χ0) is 21.9. The lowest BCUT2D eigenvalue weighted by Gasteiger charge is -2.35. The van der Waals surface area contributed by atoms with Gasteiger partial charge in [-0.05, 0) is 45.6 Å². The predicted octanol–water partition coefficient (Wildman–Crippen LogP) is 2.14. The van der Waals surface area contributed by atoms with E-state index in [4.69, 9.17) is 4.99 Å². The minimum absolute atomic E-state index is 0.309. The normalized spacial score (nSPS) is 22.8. The van der Waals surface area contributed by atoms with Gasteiger partial charge in [0.05, 0.1) is 6.54 Å². The predicted molar refractivity (Wildman–Crippen MR) is 128 cm³/mol. The molecule has 3 aliphatic rings. The van der Waals surface area contributed by atoms with Gasteiger partial charge in [-0.15, -0.1) is 0 Å². The van der Waals surface area contributed by atoms with Crippen LogP contribution in [0.2, 0.25) is 0 Å². The van der Waals surface area contributed by atoms with Gasteiger partial charge in [0.15, 0.2) is 5.96 Å². The summed E-state index contributed by atoms with van der Waals surface area (Å²) in [5.74, 6) is 1.68. The smallest absolute Gasteiger partial charge is 0.225 e. The van der Waals surface area contributed by atoms with Crippen LogP contribution >= 0.6 is 0 Å². The average Bonchev–Trinajstić information content (AvgIpc) is 3.34. The van der Waals surface area contributed by atoms with Gasteiger partial charge in [-0.2, -0.15) is 0 Å². The Morgan fingerprint density at radius 3 is 2.23 bits per heavy atom. The second-order valence-corrected chi connectivity index (χ2v) is 9.52. The quantitative estimate of drug-likeness (QED) is 0.430. The van der Waals surface area contributed by atoms with Crippen molar-refractivity contribution in [1.82, 2.24) is 25.3 Å². The summed E-state index contributed by atoms with van der Waals surface area (Å²) in [6, 6.07) is 0.529. The van der Waals surface area contributed by atoms with E-state index in [0.29, 0.717) is 17.9 Å². The summed E-state index contributed by atoms with van der Waals surface area (Å²) in [6.07, 6.45) is 9.66. The van der Waals surface area contributed by atoms with Crippen LogP contribution in [-0.2, 0) is 4.79 Å². The van der Waals surface area contributed by atoms with Crippen LogP contribution in [0.25, 0.3) is 0 Å². The zero-order valence-electron chi connectivity index (χ0n) is 20.1. The average molecular weight is 435 g/mol. The molecule has 3 rings (SSSR count). The van der Waals surface area contributed by atoms with Crippen molar-refractivity contribution in [2.24, 2.45) is 10.9 Å². The zero-order valence-corrected chi connectivity index (χ0v) is 20.1. The molecule has 0 aromatic carbocycles. The van der Waals surface area contributed by atoms with Gasteiger partial charge < -0.3 is 20.4 Å². The highest BCUT2D eigenvalue weighted by Gasteiger charge is 2.29. The number of carbonyl (C=O) groups is 1. The van der Waals surface area contributed by atoms with E-state index in [-0.39, 0.29) is 0 Å². The number of amides is 1. The summed E-state index contributed by atoms with van der Waals surface area (Å²) >= 11 is 0. The van der Waals surface area contributed by atoms with Crippen LogP contribution in [0.15, 0.2) is 4.99 Å². The van der Waals surface area contributed by atoms with Crippen molar-refractivity contribution in [3.63, 3.8) is 0 Å². The molecule has 1 aliphatic carbocycles. The van der Waals surface area contributed by atoms with Crippen LogP contribution in [0.4, 0.5) is 0 Å². The van der Waals surface area contributed by atoms with Crippen LogP contribution in [0.3, 0.4) is 0 Å². The first-order valence-electron chi connectivity index (χ1n) is 13.0. The third-order valence-electron chi connectivity index (χ3n) is 7.18. The fraction of sp³-hybridized carbons (Fsp3) is 0.917. The highest BCUT2D eigenvalue weighted by molar-refractivity contribution is 5.80. The Kier molecular flexibility index (Phi) is 10.4. The molecule has 7 heteroatoms. The molecular weight excluding hydrogens is 388 g/mol. The largest absolute Gasteiger partial charge is 0.357 e. The standard InChI is InChI=1S/C24H46N6O/c1-3-5-13-28-14-10-22(11-15-28)27-24(25-4-2)26-12-16-29-17-19-30(20-18-29)23(31)21-8-6-7-9-21/h21-22H,3-20H2,1-2H3,(H2,25,26,27). The van der Waals surface area contributed by atoms with Gasteiger partial charge in [0.1, 0.15) is 0 Å². The van der Waals surface area contributed by atoms with Crippen molar-refractivity contribution in [3.8, 4) is 0 Å². The lowest BCUT2D eigenvalue weighted by Crippen LogP contribution is -2.51. The lowest BCUT2D eigenvalue weighted by atomic mass is 10.0. The number of aliphatic imine (C=N–C) groups is 1. The molecule has 3 fully saturated rings. The number of carbonyl (C=O) groups excluding carboxylic acids is 1. The van der Waals surface area contributed by atoms with E-state index in [9.17, 15) is 4.79 Å². The molecule has 2 saturated heterocycles. The maximum atomic E-state index is 12.6. The summed E-state index contributed by atoms with van der Waals surface area (Å²) in [5, 5.41) is 7.09. The molecule has 0 aromatic heterocycles. The number of nitrogens with one attached hydrogen (secondary N) is 2. The number of rotatable bonds is 9. The van der Waals surface area contributed by atoms with Crippen LogP contribution in [0.1, 0.15) is 65.2 Å². The molecule has 2 N–H and O–H groups in total. The fourth-order valence-electron chi connectivity index (χ4n) is 5.12. The highest BCUT2D eigenvalue weighted by Crippen LogP contribution is 2.26. The molecular formula is C24H46N6O. The molecule has 0 aromatic rings. The summed E-state index contributed by atoms with van der Waals surface area (Å²) in [5.41, 5.74) is 0. The monoisotopic (exact) mass is 434 g/mol. The lowest BCUT2D eigenvalue weighted by molar-refractivity contribution is -0.137. The van der Waals surface area contributed by atoms with Crippen molar-refractivity contribution in [1.29, 1.82) is 0 Å². The summed E-state index contributed by atoms with van der Waals surface area (Å²) in [6.45, 7) is 14.4. The van der Waals surface area contributed by atoms with Gasteiger partial charge in [-0.3, -0.25) is 14.7 Å². The number of likely N-dealkylation sites (tertiary alicyclic amines) is 1. The maximum Gasteiger partial charge on any atom is 0.225 e. The topological polar surface area (TPSA) is 63.2 Å². The van der Waals surface area contributed by atoms with E-state index in [2.05, 4.69) is 39.2 Å². The maximum absolute atomic E-state index is 12.6. The fourth-order valence-corrected chi connectivity index (χ4v) is 5.12. The third kappa shape index (κ3) is 7.94. The molecule has 1 saturated carbocycles.